The Labute approximate surface area is 219 Å². The van der Waals surface area contributed by atoms with Gasteiger partial charge in [0.25, 0.3) is 0 Å². The molecule has 1 N–H and O–H groups in total. The lowest BCUT2D eigenvalue weighted by molar-refractivity contribution is -0.128. The fourth-order valence-corrected chi connectivity index (χ4v) is 5.96. The first-order valence-corrected chi connectivity index (χ1v) is 12.4. The van der Waals surface area contributed by atoms with Crippen LogP contribution in [0.5, 0.6) is 5.75 Å². The average Bonchev–Trinajstić information content (AvgIpc) is 3.37. The van der Waals surface area contributed by atoms with E-state index < -0.39 is 29.8 Å². The number of hydrogen-bond acceptors (Lipinski definition) is 5. The quantitative estimate of drug-likeness (QED) is 0.506. The van der Waals surface area contributed by atoms with Gasteiger partial charge in [-0.15, -0.1) is 0 Å². The lowest BCUT2D eigenvalue weighted by atomic mass is 9.84. The number of rotatable bonds is 4. The second-order valence-electron chi connectivity index (χ2n) is 9.51. The Kier molecular flexibility index (Phi) is 5.53. The maximum atomic E-state index is 13.9. The smallest absolute Gasteiger partial charge is 0.248 e. The van der Waals surface area contributed by atoms with Gasteiger partial charge < -0.3 is 15.0 Å². The second kappa shape index (κ2) is 8.78. The number of nitrogens with zero attached hydrogens (tertiary/aromatic N) is 2. The zero-order valence-electron chi connectivity index (χ0n) is 20.2. The topological polar surface area (TPSA) is 79.0 Å². The van der Waals surface area contributed by atoms with Crippen LogP contribution in [-0.2, 0) is 14.4 Å². The molecule has 2 fully saturated rings. The van der Waals surface area contributed by atoms with Crippen molar-refractivity contribution in [2.75, 3.05) is 17.3 Å². The van der Waals surface area contributed by atoms with E-state index in [2.05, 4.69) is 5.32 Å². The predicted molar refractivity (Wildman–Crippen MR) is 141 cm³/mol. The van der Waals surface area contributed by atoms with Crippen LogP contribution in [0.25, 0.3) is 6.08 Å². The van der Waals surface area contributed by atoms with Gasteiger partial charge in [-0.3, -0.25) is 14.4 Å². The third-order valence-corrected chi connectivity index (χ3v) is 7.68. The van der Waals surface area contributed by atoms with E-state index in [0.29, 0.717) is 22.1 Å². The number of imide groups is 1. The van der Waals surface area contributed by atoms with Gasteiger partial charge in [0.15, 0.2) is 0 Å². The van der Waals surface area contributed by atoms with Crippen LogP contribution in [-0.4, -0.2) is 35.8 Å². The van der Waals surface area contributed by atoms with E-state index in [1.807, 2.05) is 60.5 Å². The summed E-state index contributed by atoms with van der Waals surface area (Å²) in [5, 5.41) is 3.34. The van der Waals surface area contributed by atoms with Crippen molar-refractivity contribution in [2.24, 2.45) is 11.8 Å². The van der Waals surface area contributed by atoms with Gasteiger partial charge in [0, 0.05) is 11.2 Å². The number of benzene rings is 3. The van der Waals surface area contributed by atoms with E-state index in [9.17, 15) is 14.4 Å². The maximum Gasteiger partial charge on any atom is 0.248 e. The largest absolute Gasteiger partial charge is 0.495 e. The predicted octanol–water partition coefficient (Wildman–Crippen LogP) is 4.81. The number of hydrogen-bond donors (Lipinski definition) is 1. The summed E-state index contributed by atoms with van der Waals surface area (Å²) in [6.45, 7) is 1.94. The molecule has 0 aliphatic carbocycles. The molecule has 2 saturated heterocycles. The highest BCUT2D eigenvalue weighted by atomic mass is 35.5. The summed E-state index contributed by atoms with van der Waals surface area (Å²) in [5.41, 5.74) is 3.82. The standard InChI is InChI=1S/C29H24ClN3O4/c1-16-7-10-19(11-8-16)33-28(35)23-24(29(33)36)26(27(34)31-21-15-18(30)9-12-22(21)37-2)32-14-13-17-5-3-4-6-20(17)25(23)32/h3-15,23-26H,1-2H3,(H,31,34)/t23-,24+,25?,26-/m0/s1. The molecule has 3 aliphatic heterocycles. The average molecular weight is 514 g/mol. The van der Waals surface area contributed by atoms with Crippen LogP contribution in [0.1, 0.15) is 22.7 Å². The highest BCUT2D eigenvalue weighted by molar-refractivity contribution is 6.31. The van der Waals surface area contributed by atoms with Crippen LogP contribution < -0.4 is 15.0 Å². The molecule has 3 aromatic rings. The molecule has 0 saturated carbocycles. The van der Waals surface area contributed by atoms with Crippen LogP contribution in [0, 0.1) is 18.8 Å². The van der Waals surface area contributed by atoms with E-state index in [-0.39, 0.29) is 11.8 Å². The number of anilines is 2. The Morgan fingerprint density at radius 3 is 2.46 bits per heavy atom. The van der Waals surface area contributed by atoms with Crippen molar-refractivity contribution in [2.45, 2.75) is 19.0 Å². The van der Waals surface area contributed by atoms with Gasteiger partial charge in [-0.05, 0) is 54.5 Å². The maximum absolute atomic E-state index is 13.9. The Morgan fingerprint density at radius 1 is 0.973 bits per heavy atom. The molecule has 0 radical (unpaired) electrons. The number of carbonyl (C=O) groups excluding carboxylic acids is 3. The Balaban J connectivity index is 1.44. The SMILES string of the molecule is COc1ccc(Cl)cc1NC(=O)[C@@H]1[C@@H]2C(=O)N(c3ccc(C)cc3)C(=O)[C@@H]2C2c3ccccc3C=CN21. The Hall–Kier alpha value is -4.10. The van der Waals surface area contributed by atoms with Gasteiger partial charge in [0.2, 0.25) is 17.7 Å². The minimum Gasteiger partial charge on any atom is -0.495 e. The summed E-state index contributed by atoms with van der Waals surface area (Å²) in [6.07, 6.45) is 3.74. The summed E-state index contributed by atoms with van der Waals surface area (Å²) in [6, 6.07) is 18.6. The number of aryl methyl sites for hydroxylation is 1. The van der Waals surface area contributed by atoms with Gasteiger partial charge in [0.1, 0.15) is 11.8 Å². The fraction of sp³-hybridized carbons (Fsp3) is 0.207. The third kappa shape index (κ3) is 3.61. The number of fused-ring (bicyclic) bond motifs is 5. The Morgan fingerprint density at radius 2 is 1.70 bits per heavy atom. The number of halogens is 1. The number of nitrogens with one attached hydrogen (secondary N) is 1. The molecular formula is C29H24ClN3O4. The van der Waals surface area contributed by atoms with Crippen LogP contribution in [0.15, 0.2) is 72.9 Å². The van der Waals surface area contributed by atoms with Gasteiger partial charge in [0.05, 0.1) is 36.4 Å². The normalized spacial score (nSPS) is 23.5. The molecule has 0 spiro atoms. The van der Waals surface area contributed by atoms with Crippen LogP contribution in [0.2, 0.25) is 5.02 Å². The van der Waals surface area contributed by atoms with E-state index in [4.69, 9.17) is 16.3 Å². The van der Waals surface area contributed by atoms with Gasteiger partial charge in [-0.1, -0.05) is 53.6 Å². The van der Waals surface area contributed by atoms with Gasteiger partial charge in [-0.2, -0.15) is 0 Å². The van der Waals surface area contributed by atoms with Gasteiger partial charge in [-0.25, -0.2) is 4.90 Å². The van der Waals surface area contributed by atoms with Crippen molar-refractivity contribution in [3.63, 3.8) is 0 Å². The summed E-state index contributed by atoms with van der Waals surface area (Å²) in [4.78, 5) is 44.8. The molecule has 1 unspecified atom stereocenters. The van der Waals surface area contributed by atoms with E-state index in [1.54, 1.807) is 30.3 Å². The highest BCUT2D eigenvalue weighted by Crippen LogP contribution is 2.53. The van der Waals surface area contributed by atoms with Crippen molar-refractivity contribution >= 4 is 46.8 Å². The summed E-state index contributed by atoms with van der Waals surface area (Å²) in [7, 11) is 1.50. The van der Waals surface area contributed by atoms with Gasteiger partial charge >= 0.3 is 0 Å². The van der Waals surface area contributed by atoms with Crippen LogP contribution in [0.4, 0.5) is 11.4 Å². The highest BCUT2D eigenvalue weighted by Gasteiger charge is 2.64. The lowest BCUT2D eigenvalue weighted by Gasteiger charge is -2.35. The molecule has 3 amide bonds. The number of ether oxygens (including phenoxy) is 1. The molecule has 8 heteroatoms. The van der Waals surface area contributed by atoms with Crippen molar-refractivity contribution in [3.05, 3.63) is 94.6 Å². The van der Waals surface area contributed by atoms with Crippen molar-refractivity contribution in [1.29, 1.82) is 0 Å². The first-order valence-electron chi connectivity index (χ1n) is 12.0. The molecule has 7 nitrogen and oxygen atoms in total. The second-order valence-corrected chi connectivity index (χ2v) is 9.95. The molecule has 6 rings (SSSR count). The first kappa shape index (κ1) is 23.3. The monoisotopic (exact) mass is 513 g/mol. The lowest BCUT2D eigenvalue weighted by Crippen LogP contribution is -2.46. The zero-order valence-corrected chi connectivity index (χ0v) is 21.0. The molecular weight excluding hydrogens is 490 g/mol. The van der Waals surface area contributed by atoms with Crippen molar-refractivity contribution in [1.82, 2.24) is 4.90 Å². The summed E-state index contributed by atoms with van der Waals surface area (Å²) in [5.74, 6) is -2.21. The molecule has 3 aliphatic rings. The summed E-state index contributed by atoms with van der Waals surface area (Å²) < 4.78 is 5.40. The molecule has 4 atom stereocenters. The summed E-state index contributed by atoms with van der Waals surface area (Å²) >= 11 is 6.18. The first-order chi connectivity index (χ1) is 17.9. The molecule has 0 aromatic heterocycles. The number of methoxy groups -OCH3 is 1. The zero-order chi connectivity index (χ0) is 25.8. The van der Waals surface area contributed by atoms with Crippen LogP contribution >= 0.6 is 11.6 Å². The molecule has 3 heterocycles. The minimum atomic E-state index is -0.907. The fourth-order valence-electron chi connectivity index (χ4n) is 5.79. The van der Waals surface area contributed by atoms with E-state index >= 15 is 0 Å². The minimum absolute atomic E-state index is 0.297. The number of amides is 3. The Bertz CT molecular complexity index is 1470. The third-order valence-electron chi connectivity index (χ3n) is 7.44. The molecule has 186 valence electrons. The van der Waals surface area contributed by atoms with E-state index in [0.717, 1.165) is 16.7 Å². The van der Waals surface area contributed by atoms with Crippen LogP contribution in [0.3, 0.4) is 0 Å². The van der Waals surface area contributed by atoms with Crippen molar-refractivity contribution in [3.8, 4) is 5.75 Å². The van der Waals surface area contributed by atoms with E-state index in [1.165, 1.54) is 12.0 Å². The number of carbonyl (C=O) groups is 3. The molecule has 37 heavy (non-hydrogen) atoms. The van der Waals surface area contributed by atoms with Crippen molar-refractivity contribution < 1.29 is 19.1 Å². The molecule has 0 bridgehead atoms. The molecule has 3 aromatic carbocycles.